The predicted octanol–water partition coefficient (Wildman–Crippen LogP) is 4.29. The van der Waals surface area contributed by atoms with Crippen LogP contribution in [0.25, 0.3) is 0 Å². The van der Waals surface area contributed by atoms with Crippen LogP contribution >= 0.6 is 0 Å². The molecule has 166 valence electrons. The molecule has 1 unspecified atom stereocenters. The largest absolute Gasteiger partial charge is 0.497 e. The zero-order chi connectivity index (χ0) is 22.5. The van der Waals surface area contributed by atoms with Gasteiger partial charge in [-0.3, -0.25) is 4.79 Å². The number of benzene rings is 2. The van der Waals surface area contributed by atoms with Crippen LogP contribution in [-0.2, 0) is 14.3 Å². The highest BCUT2D eigenvalue weighted by molar-refractivity contribution is 6.03. The van der Waals surface area contributed by atoms with Crippen molar-refractivity contribution in [2.24, 2.45) is 0 Å². The number of hydrogen-bond donors (Lipinski definition) is 1. The molecule has 0 amide bonds. The van der Waals surface area contributed by atoms with Gasteiger partial charge in [0.15, 0.2) is 5.78 Å². The van der Waals surface area contributed by atoms with Crippen molar-refractivity contribution in [3.63, 3.8) is 0 Å². The summed E-state index contributed by atoms with van der Waals surface area (Å²) in [5, 5.41) is 3.30. The average Bonchev–Trinajstić information content (AvgIpc) is 2.81. The first-order valence-corrected chi connectivity index (χ1v) is 10.8. The molecular formula is C26H27NO5. The van der Waals surface area contributed by atoms with Crippen LogP contribution in [0.3, 0.4) is 0 Å². The van der Waals surface area contributed by atoms with E-state index in [-0.39, 0.29) is 19.0 Å². The monoisotopic (exact) mass is 433 g/mol. The van der Waals surface area contributed by atoms with E-state index >= 15 is 0 Å². The van der Waals surface area contributed by atoms with E-state index in [1.165, 1.54) is 0 Å². The molecule has 2 aromatic carbocycles. The lowest BCUT2D eigenvalue weighted by molar-refractivity contribution is -0.140. The van der Waals surface area contributed by atoms with Crippen LogP contribution in [0.4, 0.5) is 0 Å². The number of ketones is 1. The van der Waals surface area contributed by atoms with Crippen molar-refractivity contribution in [3.8, 4) is 11.5 Å². The van der Waals surface area contributed by atoms with E-state index in [0.717, 1.165) is 29.9 Å². The highest BCUT2D eigenvalue weighted by Crippen LogP contribution is 2.43. The van der Waals surface area contributed by atoms with Crippen molar-refractivity contribution >= 4 is 11.8 Å². The van der Waals surface area contributed by atoms with E-state index in [2.05, 4.69) is 5.32 Å². The van der Waals surface area contributed by atoms with Crippen molar-refractivity contribution in [3.05, 3.63) is 82.7 Å². The summed E-state index contributed by atoms with van der Waals surface area (Å²) in [5.74, 6) is 0.515. The maximum atomic E-state index is 13.2. The molecule has 0 saturated carbocycles. The number of methoxy groups -OCH3 is 1. The Morgan fingerprint density at radius 2 is 1.81 bits per heavy atom. The Labute approximate surface area is 187 Å². The van der Waals surface area contributed by atoms with Crippen molar-refractivity contribution in [2.45, 2.75) is 32.1 Å². The number of rotatable bonds is 7. The summed E-state index contributed by atoms with van der Waals surface area (Å²) in [5.41, 5.74) is 3.55. The maximum Gasteiger partial charge on any atom is 0.336 e. The molecule has 2 aromatic rings. The van der Waals surface area contributed by atoms with Crippen LogP contribution in [0.1, 0.15) is 37.7 Å². The molecule has 6 heteroatoms. The van der Waals surface area contributed by atoms with Gasteiger partial charge in [0.1, 0.15) is 24.7 Å². The second-order valence-electron chi connectivity index (χ2n) is 7.84. The lowest BCUT2D eigenvalue weighted by atomic mass is 9.75. The van der Waals surface area contributed by atoms with E-state index in [0.29, 0.717) is 29.0 Å². The fraction of sp³-hybridized carbons (Fsp3) is 0.308. The molecule has 1 aliphatic heterocycles. The number of nitrogens with one attached hydrogen (secondary N) is 1. The van der Waals surface area contributed by atoms with Crippen LogP contribution in [0.15, 0.2) is 77.1 Å². The summed E-state index contributed by atoms with van der Waals surface area (Å²) >= 11 is 0. The Kier molecular flexibility index (Phi) is 6.59. The summed E-state index contributed by atoms with van der Waals surface area (Å²) in [6.45, 7) is 2.20. The molecule has 32 heavy (non-hydrogen) atoms. The number of dihydropyridines is 1. The van der Waals surface area contributed by atoms with Crippen molar-refractivity contribution < 1.29 is 23.8 Å². The van der Waals surface area contributed by atoms with Gasteiger partial charge in [-0.05, 0) is 49.6 Å². The Morgan fingerprint density at radius 3 is 2.59 bits per heavy atom. The minimum atomic E-state index is -0.489. The number of carbonyl (C=O) groups is 2. The third-order valence-corrected chi connectivity index (χ3v) is 5.75. The highest BCUT2D eigenvalue weighted by Gasteiger charge is 2.39. The highest BCUT2D eigenvalue weighted by atomic mass is 16.6. The minimum Gasteiger partial charge on any atom is -0.497 e. The Bertz CT molecular complexity index is 1070. The molecule has 0 saturated heterocycles. The van der Waals surface area contributed by atoms with Gasteiger partial charge in [-0.1, -0.05) is 30.3 Å². The third kappa shape index (κ3) is 4.54. The fourth-order valence-corrected chi connectivity index (χ4v) is 4.30. The van der Waals surface area contributed by atoms with Gasteiger partial charge < -0.3 is 19.5 Å². The Balaban J connectivity index is 1.58. The van der Waals surface area contributed by atoms with E-state index in [1.807, 2.05) is 61.5 Å². The van der Waals surface area contributed by atoms with Crippen LogP contribution in [0.2, 0.25) is 0 Å². The van der Waals surface area contributed by atoms with Gasteiger partial charge in [0.05, 0.1) is 12.7 Å². The molecule has 4 rings (SSSR count). The first kappa shape index (κ1) is 21.7. The predicted molar refractivity (Wildman–Crippen MR) is 120 cm³/mol. The second-order valence-corrected chi connectivity index (χ2v) is 7.84. The van der Waals surface area contributed by atoms with Gasteiger partial charge in [0.2, 0.25) is 0 Å². The molecular weight excluding hydrogens is 406 g/mol. The molecule has 0 bridgehead atoms. The first-order valence-electron chi connectivity index (χ1n) is 10.8. The number of allylic oxidation sites excluding steroid dienone is 3. The van der Waals surface area contributed by atoms with Crippen LogP contribution in [0.5, 0.6) is 11.5 Å². The fourth-order valence-electron chi connectivity index (χ4n) is 4.30. The third-order valence-electron chi connectivity index (χ3n) is 5.75. The molecule has 1 heterocycles. The van der Waals surface area contributed by atoms with Crippen molar-refractivity contribution in [2.75, 3.05) is 20.3 Å². The molecule has 6 nitrogen and oxygen atoms in total. The Hall–Kier alpha value is -3.54. The number of ether oxygens (including phenoxy) is 3. The molecule has 0 aromatic heterocycles. The van der Waals surface area contributed by atoms with Gasteiger partial charge in [-0.2, -0.15) is 0 Å². The molecule has 1 atom stereocenters. The number of esters is 1. The van der Waals surface area contributed by atoms with Gasteiger partial charge >= 0.3 is 5.97 Å². The number of Topliss-reactive ketones (excluding diaryl/α,β-unsaturated/α-hetero) is 1. The zero-order valence-corrected chi connectivity index (χ0v) is 18.4. The summed E-state index contributed by atoms with van der Waals surface area (Å²) in [6, 6.07) is 16.9. The number of hydrogen-bond acceptors (Lipinski definition) is 6. The standard InChI is InChI=1S/C26H27NO5/c1-17-23(26(29)32-15-14-31-19-9-4-3-5-10-19)24(18-8-6-11-20(16-18)30-2)25-21(27-17)12-7-13-22(25)28/h3-6,8-11,16,24,27H,7,12-15H2,1-2H3. The van der Waals surface area contributed by atoms with Crippen molar-refractivity contribution in [1.82, 2.24) is 5.32 Å². The number of carbonyl (C=O) groups excluding carboxylic acids is 2. The normalized spacial score (nSPS) is 18.1. The lowest BCUT2D eigenvalue weighted by Crippen LogP contribution is -2.34. The average molecular weight is 434 g/mol. The van der Waals surface area contributed by atoms with Gasteiger partial charge in [-0.15, -0.1) is 0 Å². The van der Waals surface area contributed by atoms with Crippen molar-refractivity contribution in [1.29, 1.82) is 0 Å². The first-order chi connectivity index (χ1) is 15.6. The zero-order valence-electron chi connectivity index (χ0n) is 18.4. The molecule has 0 spiro atoms. The second kappa shape index (κ2) is 9.73. The maximum absolute atomic E-state index is 13.2. The quantitative estimate of drug-likeness (QED) is 0.519. The molecule has 1 N–H and O–H groups in total. The summed E-state index contributed by atoms with van der Waals surface area (Å²) < 4.78 is 16.6. The SMILES string of the molecule is COc1cccc(C2C(C(=O)OCCOc3ccccc3)=C(C)NC3=C2C(=O)CCC3)c1. The van der Waals surface area contributed by atoms with Gasteiger partial charge in [0, 0.05) is 29.3 Å². The summed E-state index contributed by atoms with van der Waals surface area (Å²) in [7, 11) is 1.60. The van der Waals surface area contributed by atoms with Gasteiger partial charge in [0.25, 0.3) is 0 Å². The topological polar surface area (TPSA) is 73.9 Å². The van der Waals surface area contributed by atoms with E-state index < -0.39 is 11.9 Å². The van der Waals surface area contributed by atoms with E-state index in [4.69, 9.17) is 14.2 Å². The van der Waals surface area contributed by atoms with Crippen LogP contribution in [-0.4, -0.2) is 32.1 Å². The smallest absolute Gasteiger partial charge is 0.336 e. The van der Waals surface area contributed by atoms with E-state index in [9.17, 15) is 9.59 Å². The minimum absolute atomic E-state index is 0.0665. The molecule has 2 aliphatic rings. The number of para-hydroxylation sites is 1. The summed E-state index contributed by atoms with van der Waals surface area (Å²) in [6.07, 6.45) is 2.07. The van der Waals surface area contributed by atoms with Crippen LogP contribution < -0.4 is 14.8 Å². The molecule has 1 aliphatic carbocycles. The summed E-state index contributed by atoms with van der Waals surface area (Å²) in [4.78, 5) is 26.1. The Morgan fingerprint density at radius 1 is 1.03 bits per heavy atom. The molecule has 0 radical (unpaired) electrons. The lowest BCUT2D eigenvalue weighted by Gasteiger charge is -2.34. The molecule has 0 fully saturated rings. The van der Waals surface area contributed by atoms with Gasteiger partial charge in [-0.25, -0.2) is 4.79 Å². The van der Waals surface area contributed by atoms with Crippen LogP contribution in [0, 0.1) is 0 Å². The van der Waals surface area contributed by atoms with E-state index in [1.54, 1.807) is 7.11 Å².